The van der Waals surface area contributed by atoms with Crippen molar-refractivity contribution in [1.29, 1.82) is 0 Å². The first-order valence-corrected chi connectivity index (χ1v) is 10.7. The fourth-order valence-electron chi connectivity index (χ4n) is 2.75. The quantitative estimate of drug-likeness (QED) is 0.119. The van der Waals surface area contributed by atoms with Crippen LogP contribution in [0.1, 0.15) is 18.4 Å². The Morgan fingerprint density at radius 3 is 1.74 bits per heavy atom. The van der Waals surface area contributed by atoms with Gasteiger partial charge < -0.3 is 42.1 Å². The van der Waals surface area contributed by atoms with E-state index in [0.29, 0.717) is 5.56 Å². The summed E-state index contributed by atoms with van der Waals surface area (Å²) in [5.41, 5.74) is 6.02. The number of nitrogens with one attached hydrogen (secondary N) is 3. The molecule has 0 aliphatic heterocycles. The van der Waals surface area contributed by atoms with Gasteiger partial charge in [0.05, 0.1) is 18.9 Å². The molecule has 0 aliphatic rings. The molecule has 0 saturated carbocycles. The van der Waals surface area contributed by atoms with Gasteiger partial charge in [0.2, 0.25) is 17.7 Å². The van der Waals surface area contributed by atoms with E-state index in [1.165, 1.54) is 24.3 Å². The van der Waals surface area contributed by atoms with Crippen molar-refractivity contribution in [3.63, 3.8) is 0 Å². The van der Waals surface area contributed by atoms with Crippen molar-refractivity contribution in [3.05, 3.63) is 29.8 Å². The summed E-state index contributed by atoms with van der Waals surface area (Å²) in [6.07, 6.45) is -1.76. The average Bonchev–Trinajstić information content (AvgIpc) is 2.76. The lowest BCUT2D eigenvalue weighted by atomic mass is 10.0. The number of carboxylic acid groups (broad SMARTS) is 3. The molecule has 0 bridgehead atoms. The Morgan fingerprint density at radius 2 is 1.26 bits per heavy atom. The van der Waals surface area contributed by atoms with Crippen molar-refractivity contribution in [2.45, 2.75) is 43.4 Å². The van der Waals surface area contributed by atoms with E-state index >= 15 is 0 Å². The molecule has 15 heteroatoms. The number of carbonyl (C=O) groups excluding carboxylic acids is 3. The molecule has 0 radical (unpaired) electrons. The van der Waals surface area contributed by atoms with E-state index in [-0.39, 0.29) is 17.9 Å². The van der Waals surface area contributed by atoms with Crippen LogP contribution in [-0.2, 0) is 35.2 Å². The molecule has 9 N–H and O–H groups in total. The van der Waals surface area contributed by atoms with Gasteiger partial charge in [0.15, 0.2) is 0 Å². The van der Waals surface area contributed by atoms with Crippen LogP contribution in [0.2, 0.25) is 0 Å². The molecule has 1 aromatic carbocycles. The maximum atomic E-state index is 12.9. The Bertz CT molecular complexity index is 956. The second-order valence-electron chi connectivity index (χ2n) is 7.38. The van der Waals surface area contributed by atoms with Crippen LogP contribution >= 0.6 is 12.6 Å². The molecule has 1 rings (SSSR count). The number of benzene rings is 1. The zero-order valence-electron chi connectivity index (χ0n) is 18.2. The highest BCUT2D eigenvalue weighted by molar-refractivity contribution is 7.80. The number of thiol groups is 1. The lowest BCUT2D eigenvalue weighted by Gasteiger charge is -2.24. The maximum absolute atomic E-state index is 12.9. The van der Waals surface area contributed by atoms with Crippen LogP contribution in [0.25, 0.3) is 0 Å². The van der Waals surface area contributed by atoms with Crippen LogP contribution in [0.3, 0.4) is 0 Å². The summed E-state index contributed by atoms with van der Waals surface area (Å²) < 4.78 is 0. The summed E-state index contributed by atoms with van der Waals surface area (Å²) in [6, 6.07) is -0.401. The van der Waals surface area contributed by atoms with Crippen molar-refractivity contribution in [1.82, 2.24) is 16.0 Å². The van der Waals surface area contributed by atoms with Crippen molar-refractivity contribution in [3.8, 4) is 5.75 Å². The van der Waals surface area contributed by atoms with E-state index in [4.69, 9.17) is 21.1 Å². The fourth-order valence-corrected chi connectivity index (χ4v) is 3.01. The Labute approximate surface area is 204 Å². The monoisotopic (exact) mass is 514 g/mol. The van der Waals surface area contributed by atoms with Gasteiger partial charge in [-0.15, -0.1) is 0 Å². The first-order chi connectivity index (χ1) is 16.3. The second kappa shape index (κ2) is 13.8. The van der Waals surface area contributed by atoms with Gasteiger partial charge in [-0.1, -0.05) is 12.1 Å². The van der Waals surface area contributed by atoms with Crippen LogP contribution in [-0.4, -0.2) is 86.0 Å². The topological polar surface area (TPSA) is 245 Å². The minimum atomic E-state index is -1.76. The molecule has 0 saturated heterocycles. The van der Waals surface area contributed by atoms with Gasteiger partial charge in [0, 0.05) is 12.2 Å². The van der Waals surface area contributed by atoms with Crippen molar-refractivity contribution < 1.29 is 49.2 Å². The van der Waals surface area contributed by atoms with E-state index < -0.39 is 72.6 Å². The van der Waals surface area contributed by atoms with E-state index in [0.717, 1.165) is 0 Å². The fraction of sp³-hybridized carbons (Fsp3) is 0.400. The van der Waals surface area contributed by atoms with E-state index in [1.54, 1.807) is 0 Å². The molecular weight excluding hydrogens is 488 g/mol. The van der Waals surface area contributed by atoms with Crippen molar-refractivity contribution in [2.75, 3.05) is 5.75 Å². The number of amides is 3. The lowest BCUT2D eigenvalue weighted by molar-refractivity contribution is -0.147. The predicted molar refractivity (Wildman–Crippen MR) is 122 cm³/mol. The number of aliphatic carboxylic acids is 3. The third kappa shape index (κ3) is 10.3. The molecule has 4 unspecified atom stereocenters. The number of rotatable bonds is 14. The largest absolute Gasteiger partial charge is 0.508 e. The van der Waals surface area contributed by atoms with E-state index in [1.807, 2.05) is 5.32 Å². The van der Waals surface area contributed by atoms with Crippen LogP contribution < -0.4 is 21.7 Å². The van der Waals surface area contributed by atoms with Gasteiger partial charge in [-0.05, 0) is 17.7 Å². The molecule has 0 fully saturated rings. The summed E-state index contributed by atoms with van der Waals surface area (Å²) in [5.74, 6) is -7.67. The molecule has 14 nitrogen and oxygen atoms in total. The molecule has 35 heavy (non-hydrogen) atoms. The van der Waals surface area contributed by atoms with Crippen LogP contribution in [0.4, 0.5) is 0 Å². The highest BCUT2D eigenvalue weighted by Crippen LogP contribution is 2.12. The van der Waals surface area contributed by atoms with Crippen LogP contribution in [0, 0.1) is 0 Å². The van der Waals surface area contributed by atoms with E-state index in [9.17, 15) is 33.9 Å². The second-order valence-corrected chi connectivity index (χ2v) is 7.74. The third-order valence-corrected chi connectivity index (χ3v) is 4.91. The highest BCUT2D eigenvalue weighted by Gasteiger charge is 2.31. The number of carbonyl (C=O) groups is 6. The van der Waals surface area contributed by atoms with Crippen molar-refractivity contribution in [2.24, 2.45) is 5.73 Å². The zero-order valence-corrected chi connectivity index (χ0v) is 19.1. The third-order valence-electron chi connectivity index (χ3n) is 4.55. The Kier molecular flexibility index (Phi) is 11.5. The summed E-state index contributed by atoms with van der Waals surface area (Å²) in [6.45, 7) is 0. The van der Waals surface area contributed by atoms with E-state index in [2.05, 4.69) is 23.3 Å². The number of carboxylic acids is 3. The summed E-state index contributed by atoms with van der Waals surface area (Å²) in [5, 5.41) is 42.7. The van der Waals surface area contributed by atoms with Crippen LogP contribution in [0.5, 0.6) is 5.75 Å². The zero-order chi connectivity index (χ0) is 26.7. The normalized spacial score (nSPS) is 14.0. The first-order valence-electron chi connectivity index (χ1n) is 10.1. The molecule has 1 aromatic rings. The Balaban J connectivity index is 3.03. The van der Waals surface area contributed by atoms with Gasteiger partial charge in [-0.25, -0.2) is 4.79 Å². The molecule has 0 aromatic heterocycles. The van der Waals surface area contributed by atoms with Gasteiger partial charge in [0.1, 0.15) is 23.9 Å². The predicted octanol–water partition coefficient (Wildman–Crippen LogP) is -2.32. The average molecular weight is 515 g/mol. The number of aromatic hydroxyl groups is 1. The SMILES string of the molecule is NC(CC(=O)O)C(=O)NC(Cc1ccc(O)cc1)C(=O)NC(CS)C(=O)NC(CC(=O)O)C(=O)O. The molecule has 3 amide bonds. The molecule has 0 aliphatic carbocycles. The molecule has 0 heterocycles. The Morgan fingerprint density at radius 1 is 0.771 bits per heavy atom. The summed E-state index contributed by atoms with van der Waals surface area (Å²) >= 11 is 3.95. The number of hydrogen-bond acceptors (Lipinski definition) is 9. The lowest BCUT2D eigenvalue weighted by Crippen LogP contribution is -2.58. The van der Waals surface area contributed by atoms with Gasteiger partial charge in [0.25, 0.3) is 0 Å². The molecule has 192 valence electrons. The summed E-state index contributed by atoms with van der Waals surface area (Å²) in [7, 11) is 0. The minimum Gasteiger partial charge on any atom is -0.508 e. The smallest absolute Gasteiger partial charge is 0.326 e. The number of nitrogens with two attached hydrogens (primary N) is 1. The first kappa shape index (κ1) is 29.2. The molecule has 0 spiro atoms. The number of hydrogen-bond donors (Lipinski definition) is 9. The number of phenols is 1. The van der Waals surface area contributed by atoms with Gasteiger partial charge >= 0.3 is 17.9 Å². The van der Waals surface area contributed by atoms with Gasteiger partial charge in [-0.3, -0.25) is 24.0 Å². The standard InChI is InChI=1S/C20H26N4O10S/c21-11(6-15(26)27)17(30)22-12(5-9-1-3-10(25)4-2-9)18(31)24-14(8-35)19(32)23-13(20(33)34)7-16(28)29/h1-4,11-14,25,35H,5-8,21H2,(H,22,30)(H,23,32)(H,24,31)(H,26,27)(H,28,29)(H,33,34). The van der Waals surface area contributed by atoms with Crippen molar-refractivity contribution >= 4 is 48.3 Å². The molecular formula is C20H26N4O10S. The van der Waals surface area contributed by atoms with Crippen LogP contribution in [0.15, 0.2) is 24.3 Å². The maximum Gasteiger partial charge on any atom is 0.326 e. The summed E-state index contributed by atoms with van der Waals surface area (Å²) in [4.78, 5) is 70.5. The Hall–Kier alpha value is -3.85. The highest BCUT2D eigenvalue weighted by atomic mass is 32.1. The molecule has 4 atom stereocenters. The number of phenolic OH excluding ortho intramolecular Hbond substituents is 1. The van der Waals surface area contributed by atoms with Gasteiger partial charge in [-0.2, -0.15) is 12.6 Å². The minimum absolute atomic E-state index is 0.0524.